The topological polar surface area (TPSA) is 66.5 Å². The number of hydrogen-bond acceptors (Lipinski definition) is 3. The maximum atomic E-state index is 11.3. The lowest BCUT2D eigenvalue weighted by molar-refractivity contribution is -0.127. The fourth-order valence-electron chi connectivity index (χ4n) is 1.76. The van der Waals surface area contributed by atoms with Crippen LogP contribution in [0.4, 0.5) is 0 Å². The second-order valence-electron chi connectivity index (χ2n) is 4.09. The third-order valence-corrected chi connectivity index (χ3v) is 3.43. The van der Waals surface area contributed by atoms with E-state index in [1.54, 1.807) is 4.90 Å². The van der Waals surface area contributed by atoms with E-state index in [4.69, 9.17) is 0 Å². The lowest BCUT2D eigenvalue weighted by Crippen LogP contribution is -2.40. The first-order chi connectivity index (χ1) is 7.42. The van der Waals surface area contributed by atoms with Gasteiger partial charge in [0.2, 0.25) is 15.9 Å². The summed E-state index contributed by atoms with van der Waals surface area (Å²) in [6.07, 6.45) is 4.14. The largest absolute Gasteiger partial charge is 0.339 e. The number of piperidine rings is 1. The minimum absolute atomic E-state index is 0.0467. The number of nitrogens with zero attached hydrogens (tertiary/aromatic N) is 1. The molecule has 0 saturated carbocycles. The summed E-state index contributed by atoms with van der Waals surface area (Å²) in [6, 6.07) is 0. The molecule has 1 fully saturated rings. The molecule has 6 heteroatoms. The molecule has 1 saturated heterocycles. The summed E-state index contributed by atoms with van der Waals surface area (Å²) in [4.78, 5) is 13.0. The predicted molar refractivity (Wildman–Crippen MR) is 62.3 cm³/mol. The van der Waals surface area contributed by atoms with Crippen molar-refractivity contribution in [2.45, 2.75) is 12.8 Å². The average Bonchev–Trinajstić information content (AvgIpc) is 2.25. The normalized spacial score (nSPS) is 18.4. The molecule has 0 unspecified atom stereocenters. The Balaban J connectivity index is 2.32. The van der Waals surface area contributed by atoms with Crippen molar-refractivity contribution in [3.05, 3.63) is 12.7 Å². The van der Waals surface area contributed by atoms with Crippen LogP contribution in [0.3, 0.4) is 0 Å². The molecule has 1 amide bonds. The third kappa shape index (κ3) is 4.32. The predicted octanol–water partition coefficient (Wildman–Crippen LogP) is -0.0398. The lowest BCUT2D eigenvalue weighted by atomic mass is 9.97. The van der Waals surface area contributed by atoms with Crippen LogP contribution in [0.2, 0.25) is 0 Å². The molecule has 0 atom stereocenters. The molecule has 0 spiro atoms. The van der Waals surface area contributed by atoms with E-state index in [0.29, 0.717) is 25.6 Å². The zero-order chi connectivity index (χ0) is 12.2. The van der Waals surface area contributed by atoms with Crippen molar-refractivity contribution in [1.82, 2.24) is 9.62 Å². The van der Waals surface area contributed by atoms with Gasteiger partial charge in [0.05, 0.1) is 6.26 Å². The molecule has 1 rings (SSSR count). The first kappa shape index (κ1) is 13.2. The van der Waals surface area contributed by atoms with Crippen molar-refractivity contribution >= 4 is 15.9 Å². The molecule has 0 aromatic rings. The van der Waals surface area contributed by atoms with E-state index in [2.05, 4.69) is 11.3 Å². The summed E-state index contributed by atoms with van der Waals surface area (Å²) in [7, 11) is -3.10. The second-order valence-corrected chi connectivity index (χ2v) is 5.93. The van der Waals surface area contributed by atoms with Crippen LogP contribution in [0, 0.1) is 5.92 Å². The molecule has 1 aliphatic rings. The van der Waals surface area contributed by atoms with Gasteiger partial charge in [0, 0.05) is 19.6 Å². The number of rotatable bonds is 4. The maximum Gasteiger partial charge on any atom is 0.245 e. The second kappa shape index (κ2) is 5.45. The number of nitrogens with one attached hydrogen (secondary N) is 1. The van der Waals surface area contributed by atoms with Crippen molar-refractivity contribution in [2.24, 2.45) is 5.92 Å². The molecule has 0 aromatic carbocycles. The van der Waals surface area contributed by atoms with E-state index in [9.17, 15) is 13.2 Å². The molecule has 1 heterocycles. The van der Waals surface area contributed by atoms with E-state index >= 15 is 0 Å². The summed E-state index contributed by atoms with van der Waals surface area (Å²) in [5.41, 5.74) is 0. The van der Waals surface area contributed by atoms with Crippen LogP contribution in [-0.4, -0.2) is 45.1 Å². The van der Waals surface area contributed by atoms with E-state index < -0.39 is 10.0 Å². The Labute approximate surface area is 96.6 Å². The SMILES string of the molecule is C=CC(=O)N1CCC(CNS(C)(=O)=O)CC1. The fraction of sp³-hybridized carbons (Fsp3) is 0.700. The summed E-state index contributed by atoms with van der Waals surface area (Å²) in [5, 5.41) is 0. The van der Waals surface area contributed by atoms with Crippen LogP contribution in [-0.2, 0) is 14.8 Å². The van der Waals surface area contributed by atoms with E-state index in [0.717, 1.165) is 19.1 Å². The molecule has 5 nitrogen and oxygen atoms in total. The highest BCUT2D eigenvalue weighted by molar-refractivity contribution is 7.88. The Morgan fingerprint density at radius 2 is 2.06 bits per heavy atom. The molecule has 1 N–H and O–H groups in total. The van der Waals surface area contributed by atoms with Crippen LogP contribution in [0.1, 0.15) is 12.8 Å². The molecular weight excluding hydrogens is 228 g/mol. The van der Waals surface area contributed by atoms with Gasteiger partial charge in [0.15, 0.2) is 0 Å². The third-order valence-electron chi connectivity index (χ3n) is 2.74. The van der Waals surface area contributed by atoms with Crippen LogP contribution >= 0.6 is 0 Å². The van der Waals surface area contributed by atoms with Gasteiger partial charge < -0.3 is 4.90 Å². The molecule has 92 valence electrons. The fourth-order valence-corrected chi connectivity index (χ4v) is 2.29. The number of amides is 1. The van der Waals surface area contributed by atoms with Crippen molar-refractivity contribution in [1.29, 1.82) is 0 Å². The van der Waals surface area contributed by atoms with E-state index in [-0.39, 0.29) is 5.91 Å². The first-order valence-electron chi connectivity index (χ1n) is 5.28. The zero-order valence-electron chi connectivity index (χ0n) is 9.48. The highest BCUT2D eigenvalue weighted by Crippen LogP contribution is 2.16. The van der Waals surface area contributed by atoms with Gasteiger partial charge in [0.1, 0.15) is 0 Å². The monoisotopic (exact) mass is 246 g/mol. The van der Waals surface area contributed by atoms with Crippen molar-refractivity contribution in [2.75, 3.05) is 25.9 Å². The minimum atomic E-state index is -3.10. The smallest absolute Gasteiger partial charge is 0.245 e. The standard InChI is InChI=1S/C10H18N2O3S/c1-3-10(13)12-6-4-9(5-7-12)8-11-16(2,14)15/h3,9,11H,1,4-8H2,2H3. The first-order valence-corrected chi connectivity index (χ1v) is 7.17. The molecular formula is C10H18N2O3S. The van der Waals surface area contributed by atoms with Crippen LogP contribution in [0.5, 0.6) is 0 Å². The number of carbonyl (C=O) groups is 1. The Hall–Kier alpha value is -0.880. The number of sulfonamides is 1. The number of hydrogen-bond donors (Lipinski definition) is 1. The number of likely N-dealkylation sites (tertiary alicyclic amines) is 1. The van der Waals surface area contributed by atoms with Crippen molar-refractivity contribution in [3.8, 4) is 0 Å². The Morgan fingerprint density at radius 1 is 1.50 bits per heavy atom. The Kier molecular flexibility index (Phi) is 4.49. The summed E-state index contributed by atoms with van der Waals surface area (Å²) in [6.45, 7) is 5.27. The van der Waals surface area contributed by atoms with Gasteiger partial charge in [-0.3, -0.25) is 4.79 Å². The molecule has 1 aliphatic heterocycles. The minimum Gasteiger partial charge on any atom is -0.339 e. The maximum absolute atomic E-state index is 11.3. The van der Waals surface area contributed by atoms with E-state index in [1.165, 1.54) is 6.08 Å². The summed E-state index contributed by atoms with van der Waals surface area (Å²) < 4.78 is 24.3. The highest BCUT2D eigenvalue weighted by Gasteiger charge is 2.21. The average molecular weight is 246 g/mol. The van der Waals surface area contributed by atoms with Gasteiger partial charge in [-0.25, -0.2) is 13.1 Å². The highest BCUT2D eigenvalue weighted by atomic mass is 32.2. The van der Waals surface area contributed by atoms with Crippen LogP contribution < -0.4 is 4.72 Å². The lowest BCUT2D eigenvalue weighted by Gasteiger charge is -2.31. The van der Waals surface area contributed by atoms with Gasteiger partial charge in [-0.05, 0) is 24.8 Å². The zero-order valence-corrected chi connectivity index (χ0v) is 10.3. The Bertz CT molecular complexity index is 356. The summed E-state index contributed by atoms with van der Waals surface area (Å²) >= 11 is 0. The Morgan fingerprint density at radius 3 is 2.50 bits per heavy atom. The van der Waals surface area contributed by atoms with Gasteiger partial charge in [-0.2, -0.15) is 0 Å². The van der Waals surface area contributed by atoms with Gasteiger partial charge in [0.25, 0.3) is 0 Å². The van der Waals surface area contributed by atoms with E-state index in [1.807, 2.05) is 0 Å². The molecule has 0 aromatic heterocycles. The quantitative estimate of drug-likeness (QED) is 0.708. The van der Waals surface area contributed by atoms with Gasteiger partial charge in [-0.1, -0.05) is 6.58 Å². The van der Waals surface area contributed by atoms with Gasteiger partial charge >= 0.3 is 0 Å². The molecule has 0 radical (unpaired) electrons. The summed E-state index contributed by atoms with van der Waals surface area (Å²) in [5.74, 6) is 0.276. The van der Waals surface area contributed by atoms with Gasteiger partial charge in [-0.15, -0.1) is 0 Å². The molecule has 0 aliphatic carbocycles. The van der Waals surface area contributed by atoms with Crippen molar-refractivity contribution in [3.63, 3.8) is 0 Å². The van der Waals surface area contributed by atoms with Crippen molar-refractivity contribution < 1.29 is 13.2 Å². The van der Waals surface area contributed by atoms with Crippen LogP contribution in [0.15, 0.2) is 12.7 Å². The molecule has 16 heavy (non-hydrogen) atoms. The number of carbonyl (C=O) groups excluding carboxylic acids is 1. The molecule has 0 bridgehead atoms. The van der Waals surface area contributed by atoms with Crippen LogP contribution in [0.25, 0.3) is 0 Å².